The van der Waals surface area contributed by atoms with Crippen LogP contribution in [0.2, 0.25) is 0 Å². The number of ether oxygens (including phenoxy) is 1. The van der Waals surface area contributed by atoms with E-state index in [2.05, 4.69) is 33.8 Å². The van der Waals surface area contributed by atoms with Crippen molar-refractivity contribution in [1.82, 2.24) is 4.90 Å². The third-order valence-electron chi connectivity index (χ3n) is 4.10. The summed E-state index contributed by atoms with van der Waals surface area (Å²) in [4.78, 5) is 14.3. The molecule has 0 spiro atoms. The molecular formula is C18H27NO2. The van der Waals surface area contributed by atoms with Crippen LogP contribution in [0.4, 0.5) is 0 Å². The fraction of sp³-hybridized carbons (Fsp3) is 0.611. The fourth-order valence-electron chi connectivity index (χ4n) is 2.68. The first-order valence-corrected chi connectivity index (χ1v) is 7.83. The molecule has 1 amide bonds. The highest BCUT2D eigenvalue weighted by molar-refractivity contribution is 5.81. The number of hydrogen-bond acceptors (Lipinski definition) is 2. The van der Waals surface area contributed by atoms with Crippen LogP contribution >= 0.6 is 0 Å². The van der Waals surface area contributed by atoms with E-state index in [1.165, 1.54) is 5.56 Å². The molecule has 1 aliphatic rings. The normalized spacial score (nSPS) is 20.4. The molecule has 1 aromatic carbocycles. The Kier molecular flexibility index (Phi) is 4.60. The van der Waals surface area contributed by atoms with Gasteiger partial charge in [-0.25, -0.2) is 0 Å². The summed E-state index contributed by atoms with van der Waals surface area (Å²) in [7, 11) is 0. The summed E-state index contributed by atoms with van der Waals surface area (Å²) in [5.74, 6) is 1.47. The van der Waals surface area contributed by atoms with E-state index in [1.807, 2.05) is 30.0 Å². The van der Waals surface area contributed by atoms with E-state index in [-0.39, 0.29) is 11.3 Å². The highest BCUT2D eigenvalue weighted by Crippen LogP contribution is 2.26. The summed E-state index contributed by atoms with van der Waals surface area (Å²) in [6, 6.07) is 8.05. The molecule has 0 saturated carbocycles. The van der Waals surface area contributed by atoms with Crippen molar-refractivity contribution in [3.8, 4) is 5.75 Å². The van der Waals surface area contributed by atoms with Gasteiger partial charge in [-0.1, -0.05) is 39.8 Å². The number of carbonyl (C=O) groups excluding carboxylic acids is 1. The predicted octanol–water partition coefficient (Wildman–Crippen LogP) is 3.62. The maximum absolute atomic E-state index is 12.4. The topological polar surface area (TPSA) is 29.5 Å². The molecule has 1 aromatic rings. The highest BCUT2D eigenvalue weighted by atomic mass is 16.5. The summed E-state index contributed by atoms with van der Waals surface area (Å²) in [6.07, 6.45) is 0.670. The molecule has 1 saturated heterocycles. The largest absolute Gasteiger partial charge is 0.481 e. The average molecular weight is 289 g/mol. The molecule has 1 heterocycles. The Morgan fingerprint density at radius 1 is 1.38 bits per heavy atom. The monoisotopic (exact) mass is 289 g/mol. The fourth-order valence-corrected chi connectivity index (χ4v) is 2.68. The molecule has 2 rings (SSSR count). The third-order valence-corrected chi connectivity index (χ3v) is 4.10. The quantitative estimate of drug-likeness (QED) is 0.850. The Morgan fingerprint density at radius 3 is 2.67 bits per heavy atom. The number of carbonyl (C=O) groups is 1. The van der Waals surface area contributed by atoms with Crippen molar-refractivity contribution in [2.45, 2.75) is 52.6 Å². The van der Waals surface area contributed by atoms with Crippen LogP contribution in [-0.4, -0.2) is 30.0 Å². The molecule has 0 radical (unpaired) electrons. The molecule has 3 heteroatoms. The van der Waals surface area contributed by atoms with Gasteiger partial charge in [0.1, 0.15) is 5.75 Å². The standard InChI is InChI=1S/C18H27NO2/c1-13-9-10-19(12-13)17(20)14(2)21-16-8-6-7-15(11-16)18(3,4)5/h6-8,11,13-14H,9-10,12H2,1-5H3. The minimum absolute atomic E-state index is 0.0804. The lowest BCUT2D eigenvalue weighted by molar-refractivity contribution is -0.136. The number of likely N-dealkylation sites (tertiary alicyclic amines) is 1. The molecule has 0 aliphatic carbocycles. The molecule has 1 fully saturated rings. The van der Waals surface area contributed by atoms with Gasteiger partial charge in [0.15, 0.2) is 6.10 Å². The van der Waals surface area contributed by atoms with Crippen molar-refractivity contribution >= 4 is 5.91 Å². The number of rotatable bonds is 3. The number of hydrogen-bond donors (Lipinski definition) is 0. The molecule has 2 unspecified atom stereocenters. The molecule has 21 heavy (non-hydrogen) atoms. The molecular weight excluding hydrogens is 262 g/mol. The van der Waals surface area contributed by atoms with E-state index < -0.39 is 6.10 Å². The SMILES string of the molecule is CC1CCN(C(=O)C(C)Oc2cccc(C(C)(C)C)c2)C1. The van der Waals surface area contributed by atoms with Gasteiger partial charge in [0, 0.05) is 13.1 Å². The van der Waals surface area contributed by atoms with E-state index in [0.717, 1.165) is 25.3 Å². The van der Waals surface area contributed by atoms with Crippen molar-refractivity contribution in [3.05, 3.63) is 29.8 Å². The predicted molar refractivity (Wildman–Crippen MR) is 85.6 cm³/mol. The molecule has 2 atom stereocenters. The molecule has 0 bridgehead atoms. The van der Waals surface area contributed by atoms with Gasteiger partial charge in [0.25, 0.3) is 5.91 Å². The lowest BCUT2D eigenvalue weighted by atomic mass is 9.87. The zero-order chi connectivity index (χ0) is 15.6. The lowest BCUT2D eigenvalue weighted by Gasteiger charge is -2.23. The van der Waals surface area contributed by atoms with E-state index in [0.29, 0.717) is 5.92 Å². The van der Waals surface area contributed by atoms with Crippen LogP contribution in [0.5, 0.6) is 5.75 Å². The Hall–Kier alpha value is -1.51. The zero-order valence-corrected chi connectivity index (χ0v) is 13.8. The summed E-state index contributed by atoms with van der Waals surface area (Å²) in [5, 5.41) is 0. The number of amides is 1. The first-order chi connectivity index (χ1) is 9.77. The van der Waals surface area contributed by atoms with Crippen molar-refractivity contribution in [3.63, 3.8) is 0 Å². The van der Waals surface area contributed by atoms with Gasteiger partial charge in [0.05, 0.1) is 0 Å². The van der Waals surface area contributed by atoms with Crippen LogP contribution in [0.25, 0.3) is 0 Å². The Balaban J connectivity index is 2.02. The van der Waals surface area contributed by atoms with Gasteiger partial charge < -0.3 is 9.64 Å². The van der Waals surface area contributed by atoms with Gasteiger partial charge in [-0.2, -0.15) is 0 Å². The second-order valence-electron chi connectivity index (χ2n) is 7.22. The van der Waals surface area contributed by atoms with Gasteiger partial charge >= 0.3 is 0 Å². The van der Waals surface area contributed by atoms with Crippen LogP contribution in [0.3, 0.4) is 0 Å². The van der Waals surface area contributed by atoms with E-state index in [4.69, 9.17) is 4.74 Å². The van der Waals surface area contributed by atoms with Crippen LogP contribution in [0.1, 0.15) is 46.6 Å². The average Bonchev–Trinajstić information content (AvgIpc) is 2.84. The maximum Gasteiger partial charge on any atom is 0.263 e. The molecule has 3 nitrogen and oxygen atoms in total. The molecule has 116 valence electrons. The summed E-state index contributed by atoms with van der Waals surface area (Å²) >= 11 is 0. The van der Waals surface area contributed by atoms with Crippen LogP contribution in [0, 0.1) is 5.92 Å². The van der Waals surface area contributed by atoms with Gasteiger partial charge in [-0.05, 0) is 42.4 Å². The summed E-state index contributed by atoms with van der Waals surface area (Å²) in [6.45, 7) is 12.3. The van der Waals surface area contributed by atoms with Gasteiger partial charge in [0.2, 0.25) is 0 Å². The zero-order valence-electron chi connectivity index (χ0n) is 13.8. The smallest absolute Gasteiger partial charge is 0.263 e. The number of nitrogens with zero attached hydrogens (tertiary/aromatic N) is 1. The van der Waals surface area contributed by atoms with Crippen molar-refractivity contribution < 1.29 is 9.53 Å². The summed E-state index contributed by atoms with van der Waals surface area (Å²) < 4.78 is 5.87. The Labute approximate surface area is 128 Å². The third kappa shape index (κ3) is 3.99. The van der Waals surface area contributed by atoms with Crippen LogP contribution < -0.4 is 4.74 Å². The Bertz CT molecular complexity index is 504. The molecule has 1 aliphatic heterocycles. The van der Waals surface area contributed by atoms with Crippen molar-refractivity contribution in [1.29, 1.82) is 0 Å². The lowest BCUT2D eigenvalue weighted by Crippen LogP contribution is -2.39. The second kappa shape index (κ2) is 6.08. The second-order valence-corrected chi connectivity index (χ2v) is 7.22. The Morgan fingerprint density at radius 2 is 2.10 bits per heavy atom. The van der Waals surface area contributed by atoms with E-state index in [9.17, 15) is 4.79 Å². The minimum Gasteiger partial charge on any atom is -0.481 e. The first kappa shape index (κ1) is 15.9. The van der Waals surface area contributed by atoms with Crippen LogP contribution in [0.15, 0.2) is 24.3 Å². The first-order valence-electron chi connectivity index (χ1n) is 7.83. The highest BCUT2D eigenvalue weighted by Gasteiger charge is 2.28. The van der Waals surface area contributed by atoms with Crippen molar-refractivity contribution in [2.75, 3.05) is 13.1 Å². The maximum atomic E-state index is 12.4. The van der Waals surface area contributed by atoms with E-state index >= 15 is 0 Å². The van der Waals surface area contributed by atoms with Gasteiger partial charge in [-0.3, -0.25) is 4.79 Å². The van der Waals surface area contributed by atoms with Gasteiger partial charge in [-0.15, -0.1) is 0 Å². The van der Waals surface area contributed by atoms with Crippen molar-refractivity contribution in [2.24, 2.45) is 5.92 Å². The number of benzene rings is 1. The minimum atomic E-state index is -0.425. The molecule has 0 N–H and O–H groups in total. The van der Waals surface area contributed by atoms with E-state index in [1.54, 1.807) is 0 Å². The van der Waals surface area contributed by atoms with Crippen LogP contribution in [-0.2, 0) is 10.2 Å². The summed E-state index contributed by atoms with van der Waals surface area (Å²) in [5.41, 5.74) is 1.30. The molecule has 0 aromatic heterocycles.